The molecule has 1 aromatic heterocycles. The van der Waals surface area contributed by atoms with Crippen LogP contribution in [0.2, 0.25) is 0 Å². The van der Waals surface area contributed by atoms with Crippen LogP contribution in [0.15, 0.2) is 34.4 Å². The summed E-state index contributed by atoms with van der Waals surface area (Å²) in [6.45, 7) is 3.52. The Kier molecular flexibility index (Phi) is 2.83. The average molecular weight is 172 g/mol. The lowest BCUT2D eigenvalue weighted by Gasteiger charge is -1.89. The largest absolute Gasteiger partial charge is 0.253 e. The quantitative estimate of drug-likeness (QED) is 0.638. The lowest BCUT2D eigenvalue weighted by atomic mass is 10.7. The minimum Gasteiger partial charge on any atom is -0.253 e. The Labute approximate surface area is 66.9 Å². The number of hydrogen-bond donors (Lipinski definition) is 0. The second-order valence-electron chi connectivity index (χ2n) is 1.73. The first-order chi connectivity index (χ1) is 4.84. The van der Waals surface area contributed by atoms with Gasteiger partial charge in [-0.2, -0.15) is 0 Å². The lowest BCUT2D eigenvalue weighted by Crippen LogP contribution is -1.90. The van der Waals surface area contributed by atoms with Crippen LogP contribution in [0.5, 0.6) is 0 Å². The van der Waals surface area contributed by atoms with Crippen LogP contribution < -0.4 is 0 Å². The third-order valence-corrected chi connectivity index (χ3v) is 3.62. The van der Waals surface area contributed by atoms with Crippen LogP contribution >= 0.6 is 11.3 Å². The molecule has 0 fully saturated rings. The molecule has 0 aliphatic heterocycles. The number of rotatable bonds is 3. The van der Waals surface area contributed by atoms with E-state index in [2.05, 4.69) is 6.58 Å². The van der Waals surface area contributed by atoms with Crippen molar-refractivity contribution < 1.29 is 4.21 Å². The van der Waals surface area contributed by atoms with Crippen molar-refractivity contribution in [3.05, 3.63) is 30.2 Å². The van der Waals surface area contributed by atoms with E-state index in [0.717, 1.165) is 4.21 Å². The lowest BCUT2D eigenvalue weighted by molar-refractivity contribution is 0.686. The van der Waals surface area contributed by atoms with Gasteiger partial charge in [0.05, 0.1) is 15.0 Å². The van der Waals surface area contributed by atoms with E-state index in [4.69, 9.17) is 0 Å². The normalized spacial score (nSPS) is 12.8. The molecule has 1 unspecified atom stereocenters. The molecule has 0 radical (unpaired) electrons. The highest BCUT2D eigenvalue weighted by Crippen LogP contribution is 2.13. The van der Waals surface area contributed by atoms with Gasteiger partial charge in [0.15, 0.2) is 0 Å². The Morgan fingerprint density at radius 2 is 2.60 bits per heavy atom. The van der Waals surface area contributed by atoms with E-state index in [1.807, 2.05) is 17.5 Å². The molecule has 0 saturated carbocycles. The third kappa shape index (κ3) is 1.78. The molecule has 0 bridgehead atoms. The van der Waals surface area contributed by atoms with Gasteiger partial charge in [-0.05, 0) is 11.4 Å². The Hall–Kier alpha value is -0.410. The van der Waals surface area contributed by atoms with Crippen molar-refractivity contribution in [3.8, 4) is 0 Å². The summed E-state index contributed by atoms with van der Waals surface area (Å²) in [4.78, 5) is 0. The molecule has 1 atom stereocenters. The topological polar surface area (TPSA) is 17.1 Å². The van der Waals surface area contributed by atoms with Crippen molar-refractivity contribution in [1.82, 2.24) is 0 Å². The van der Waals surface area contributed by atoms with Gasteiger partial charge in [0.25, 0.3) is 0 Å². The van der Waals surface area contributed by atoms with Gasteiger partial charge in [0.1, 0.15) is 0 Å². The fourth-order valence-corrected chi connectivity index (χ4v) is 2.44. The Bertz CT molecular complexity index is 226. The van der Waals surface area contributed by atoms with Gasteiger partial charge in [0, 0.05) is 5.75 Å². The molecule has 1 rings (SSSR count). The van der Waals surface area contributed by atoms with Crippen molar-refractivity contribution in [2.24, 2.45) is 0 Å². The fourth-order valence-electron chi connectivity index (χ4n) is 0.582. The first kappa shape index (κ1) is 7.69. The summed E-state index contributed by atoms with van der Waals surface area (Å²) in [5.74, 6) is 0.556. The van der Waals surface area contributed by atoms with Crippen LogP contribution in [0.1, 0.15) is 0 Å². The van der Waals surface area contributed by atoms with Crippen molar-refractivity contribution in [1.29, 1.82) is 0 Å². The zero-order valence-corrected chi connectivity index (χ0v) is 7.08. The Morgan fingerprint density at radius 1 is 1.80 bits per heavy atom. The molecule has 0 aliphatic rings. The van der Waals surface area contributed by atoms with Crippen LogP contribution in [0, 0.1) is 0 Å². The first-order valence-corrected chi connectivity index (χ1v) is 5.07. The van der Waals surface area contributed by atoms with Crippen LogP contribution in [-0.2, 0) is 10.8 Å². The smallest absolute Gasteiger partial charge is 0.0913 e. The summed E-state index contributed by atoms with van der Waals surface area (Å²) in [6, 6.07) is 3.78. The number of hydrogen-bond acceptors (Lipinski definition) is 2. The van der Waals surface area contributed by atoms with E-state index in [0.29, 0.717) is 5.75 Å². The van der Waals surface area contributed by atoms with Crippen LogP contribution in [0.25, 0.3) is 0 Å². The molecular formula is C7H8OS2. The monoisotopic (exact) mass is 172 g/mol. The molecule has 0 saturated heterocycles. The maximum atomic E-state index is 11.2. The van der Waals surface area contributed by atoms with E-state index in [9.17, 15) is 4.21 Å². The predicted molar refractivity (Wildman–Crippen MR) is 45.8 cm³/mol. The summed E-state index contributed by atoms with van der Waals surface area (Å²) < 4.78 is 12.1. The summed E-state index contributed by atoms with van der Waals surface area (Å²) >= 11 is 1.52. The van der Waals surface area contributed by atoms with Crippen molar-refractivity contribution in [2.45, 2.75) is 4.21 Å². The van der Waals surface area contributed by atoms with E-state index in [1.54, 1.807) is 6.08 Å². The number of thiophene rings is 1. The standard InChI is InChI=1S/C7H8OS2/c1-2-6-10(8)7-4-3-5-9-7/h2-5H,1,6H2. The maximum Gasteiger partial charge on any atom is 0.0913 e. The van der Waals surface area contributed by atoms with Crippen LogP contribution in [0.4, 0.5) is 0 Å². The third-order valence-electron chi connectivity index (χ3n) is 0.989. The van der Waals surface area contributed by atoms with Gasteiger partial charge in [-0.25, -0.2) is 0 Å². The zero-order chi connectivity index (χ0) is 7.40. The Morgan fingerprint density at radius 3 is 3.10 bits per heavy atom. The maximum absolute atomic E-state index is 11.2. The summed E-state index contributed by atoms with van der Waals surface area (Å²) in [6.07, 6.45) is 1.68. The van der Waals surface area contributed by atoms with E-state index < -0.39 is 10.8 Å². The fraction of sp³-hybridized carbons (Fsp3) is 0.143. The minimum absolute atomic E-state index is 0.556. The highest BCUT2D eigenvalue weighted by atomic mass is 32.2. The first-order valence-electron chi connectivity index (χ1n) is 2.87. The van der Waals surface area contributed by atoms with Gasteiger partial charge in [0.2, 0.25) is 0 Å². The van der Waals surface area contributed by atoms with Crippen molar-refractivity contribution >= 4 is 22.1 Å². The molecular weight excluding hydrogens is 164 g/mol. The average Bonchev–Trinajstić information content (AvgIpc) is 2.38. The second kappa shape index (κ2) is 3.68. The zero-order valence-electron chi connectivity index (χ0n) is 5.45. The van der Waals surface area contributed by atoms with Gasteiger partial charge < -0.3 is 0 Å². The summed E-state index contributed by atoms with van der Waals surface area (Å²) in [7, 11) is -0.852. The van der Waals surface area contributed by atoms with Crippen molar-refractivity contribution in [2.75, 3.05) is 5.75 Å². The molecule has 0 spiro atoms. The summed E-state index contributed by atoms with van der Waals surface area (Å²) in [5, 5.41) is 1.93. The highest BCUT2D eigenvalue weighted by Gasteiger charge is 1.99. The van der Waals surface area contributed by atoms with Crippen LogP contribution in [0.3, 0.4) is 0 Å². The van der Waals surface area contributed by atoms with Crippen LogP contribution in [-0.4, -0.2) is 9.96 Å². The van der Waals surface area contributed by atoms with Gasteiger partial charge in [-0.1, -0.05) is 12.1 Å². The minimum atomic E-state index is -0.852. The molecule has 1 heterocycles. The molecule has 0 aromatic carbocycles. The van der Waals surface area contributed by atoms with E-state index in [1.165, 1.54) is 11.3 Å². The Balaban J connectivity index is 2.68. The SMILES string of the molecule is C=CCS(=O)c1cccs1. The summed E-state index contributed by atoms with van der Waals surface area (Å²) in [5.41, 5.74) is 0. The van der Waals surface area contributed by atoms with Crippen molar-refractivity contribution in [3.63, 3.8) is 0 Å². The molecule has 54 valence electrons. The molecule has 3 heteroatoms. The molecule has 0 amide bonds. The highest BCUT2D eigenvalue weighted by molar-refractivity contribution is 7.87. The molecule has 10 heavy (non-hydrogen) atoms. The molecule has 0 N–H and O–H groups in total. The second-order valence-corrected chi connectivity index (χ2v) is 4.40. The predicted octanol–water partition coefficient (Wildman–Crippen LogP) is 2.04. The van der Waals surface area contributed by atoms with Gasteiger partial charge in [-0.15, -0.1) is 17.9 Å². The molecule has 1 nitrogen and oxygen atoms in total. The van der Waals surface area contributed by atoms with E-state index in [-0.39, 0.29) is 0 Å². The van der Waals surface area contributed by atoms with E-state index >= 15 is 0 Å². The van der Waals surface area contributed by atoms with Gasteiger partial charge >= 0.3 is 0 Å². The molecule has 0 aliphatic carbocycles. The van der Waals surface area contributed by atoms with Gasteiger partial charge in [-0.3, -0.25) is 4.21 Å². The molecule has 1 aromatic rings.